The Bertz CT molecular complexity index is 882. The maximum absolute atomic E-state index is 11.5. The van der Waals surface area contributed by atoms with Crippen molar-refractivity contribution in [3.8, 4) is 0 Å². The molecule has 0 saturated heterocycles. The third-order valence-electron chi connectivity index (χ3n) is 8.78. The first-order chi connectivity index (χ1) is 24.9. The predicted molar refractivity (Wildman–Crippen MR) is 198 cm³/mol. The van der Waals surface area contributed by atoms with E-state index in [4.69, 9.17) is 11.5 Å². The minimum absolute atomic E-state index is 0. The summed E-state index contributed by atoms with van der Waals surface area (Å²) in [5.74, 6) is -6.20. The first kappa shape index (κ1) is 59.8. The van der Waals surface area contributed by atoms with Gasteiger partial charge in [-0.25, -0.2) is 9.59 Å². The van der Waals surface area contributed by atoms with Crippen molar-refractivity contribution in [1.82, 2.24) is 0 Å². The Labute approximate surface area is 370 Å². The molecule has 0 aliphatic heterocycles. The van der Waals surface area contributed by atoms with Crippen molar-refractivity contribution >= 4 is 35.8 Å². The quantitative estimate of drug-likeness (QED) is 0.0382. The predicted octanol–water partition coefficient (Wildman–Crippen LogP) is 0.0176. The topological polar surface area (TPSA) is 219 Å². The zero-order valence-electron chi connectivity index (χ0n) is 34.6. The summed E-state index contributed by atoms with van der Waals surface area (Å²) in [5, 5.41) is 20.6. The Morgan fingerprint density at radius 2 is 0.611 bits per heavy atom. The molecule has 0 amide bonds. The molecule has 0 aliphatic rings. The standard InChI is InChI=1S/2C20H37NO5.2Na/c2*1-2-3-4-5-6-7-8-9-10-11-12-13-14-15-19(24)26-20(25)17(21)16-18(22)23;;/h2*17H,2-16,21H2,1H3,(H,22,23);;/q;;2*+1/p-2. The van der Waals surface area contributed by atoms with Gasteiger partial charge in [0.2, 0.25) is 0 Å². The van der Waals surface area contributed by atoms with Crippen LogP contribution in [0.1, 0.15) is 206 Å². The van der Waals surface area contributed by atoms with Gasteiger partial charge in [0, 0.05) is 37.6 Å². The molecular formula is C40H72N2Na2O10. The molecule has 0 fully saturated rings. The summed E-state index contributed by atoms with van der Waals surface area (Å²) in [4.78, 5) is 66.3. The zero-order chi connectivity index (χ0) is 39.2. The van der Waals surface area contributed by atoms with Crippen LogP contribution in [0, 0.1) is 0 Å². The monoisotopic (exact) mass is 786 g/mol. The summed E-state index contributed by atoms with van der Waals surface area (Å²) in [7, 11) is 0. The molecule has 0 aromatic carbocycles. The van der Waals surface area contributed by atoms with Crippen molar-refractivity contribution < 1.29 is 108 Å². The number of ether oxygens (including phenoxy) is 2. The molecule has 0 aliphatic carbocycles. The number of esters is 4. The van der Waals surface area contributed by atoms with Gasteiger partial charge in [-0.05, 0) is 12.8 Å². The van der Waals surface area contributed by atoms with E-state index in [0.717, 1.165) is 25.7 Å². The summed E-state index contributed by atoms with van der Waals surface area (Å²) >= 11 is 0. The molecule has 4 N–H and O–H groups in total. The van der Waals surface area contributed by atoms with Gasteiger partial charge in [0.15, 0.2) is 0 Å². The summed E-state index contributed by atoms with van der Waals surface area (Å²) in [6.07, 6.45) is 30.5. The molecule has 304 valence electrons. The van der Waals surface area contributed by atoms with E-state index in [9.17, 15) is 39.0 Å². The van der Waals surface area contributed by atoms with E-state index in [2.05, 4.69) is 23.3 Å². The minimum atomic E-state index is -1.45. The largest absolute Gasteiger partial charge is 1.00 e. The van der Waals surface area contributed by atoms with E-state index in [0.29, 0.717) is 12.8 Å². The van der Waals surface area contributed by atoms with Crippen molar-refractivity contribution in [3.63, 3.8) is 0 Å². The number of aliphatic carboxylic acids is 2. The Morgan fingerprint density at radius 1 is 0.407 bits per heavy atom. The Morgan fingerprint density at radius 3 is 0.815 bits per heavy atom. The molecular weight excluding hydrogens is 714 g/mol. The summed E-state index contributed by atoms with van der Waals surface area (Å²) in [6, 6.07) is -2.70. The van der Waals surface area contributed by atoms with Crippen molar-refractivity contribution in [2.24, 2.45) is 11.5 Å². The molecule has 0 aromatic rings. The Hall–Kier alpha value is -0.860. The van der Waals surface area contributed by atoms with Crippen LogP contribution in [-0.2, 0) is 38.2 Å². The molecule has 0 rings (SSSR count). The zero-order valence-corrected chi connectivity index (χ0v) is 38.6. The minimum Gasteiger partial charge on any atom is -0.550 e. The molecule has 2 atom stereocenters. The summed E-state index contributed by atoms with van der Waals surface area (Å²) in [6.45, 7) is 4.47. The van der Waals surface area contributed by atoms with Gasteiger partial charge in [0.25, 0.3) is 0 Å². The van der Waals surface area contributed by atoms with E-state index in [1.807, 2.05) is 0 Å². The fourth-order valence-corrected chi connectivity index (χ4v) is 5.58. The van der Waals surface area contributed by atoms with Crippen LogP contribution in [0.5, 0.6) is 0 Å². The Balaban J connectivity index is -0.000000446. The molecule has 0 heterocycles. The number of unbranched alkanes of at least 4 members (excludes halogenated alkanes) is 24. The molecule has 54 heavy (non-hydrogen) atoms. The Kier molecular flexibility index (Phi) is 49.7. The second-order valence-electron chi connectivity index (χ2n) is 13.9. The second-order valence-corrected chi connectivity index (χ2v) is 13.9. The van der Waals surface area contributed by atoms with E-state index in [1.54, 1.807) is 0 Å². The second kappa shape index (κ2) is 44.8. The molecule has 0 bridgehead atoms. The number of hydrogen-bond donors (Lipinski definition) is 2. The number of hydrogen-bond acceptors (Lipinski definition) is 12. The number of rotatable bonds is 34. The fourth-order valence-electron chi connectivity index (χ4n) is 5.58. The van der Waals surface area contributed by atoms with Gasteiger partial charge in [-0.1, -0.05) is 168 Å². The van der Waals surface area contributed by atoms with Crippen LogP contribution in [0.2, 0.25) is 0 Å². The molecule has 2 unspecified atom stereocenters. The van der Waals surface area contributed by atoms with Crippen LogP contribution < -0.4 is 80.8 Å². The SMILES string of the molecule is CCCCCCCCCCCCCCCC(=O)OC(=O)C(N)CC(=O)[O-].CCCCCCCCCCCCCCCC(=O)OC(=O)C(N)CC(=O)[O-].[Na+].[Na+]. The van der Waals surface area contributed by atoms with Gasteiger partial charge in [-0.3, -0.25) is 9.59 Å². The van der Waals surface area contributed by atoms with E-state index < -0.39 is 60.7 Å². The van der Waals surface area contributed by atoms with E-state index >= 15 is 0 Å². The number of nitrogens with two attached hydrogens (primary N) is 2. The number of carbonyl (C=O) groups excluding carboxylic acids is 6. The average molecular weight is 787 g/mol. The fraction of sp³-hybridized carbons (Fsp3) is 0.850. The van der Waals surface area contributed by atoms with Crippen LogP contribution in [0.25, 0.3) is 0 Å². The molecule has 0 aromatic heterocycles. The van der Waals surface area contributed by atoms with E-state index in [-0.39, 0.29) is 72.0 Å². The van der Waals surface area contributed by atoms with Gasteiger partial charge in [0.1, 0.15) is 12.1 Å². The van der Waals surface area contributed by atoms with Gasteiger partial charge in [0.05, 0.1) is 0 Å². The number of carboxylic acid groups (broad SMARTS) is 2. The first-order valence-corrected chi connectivity index (χ1v) is 20.3. The number of carboxylic acids is 2. The van der Waals surface area contributed by atoms with Crippen LogP contribution in [0.3, 0.4) is 0 Å². The molecule has 14 heteroatoms. The molecule has 0 spiro atoms. The first-order valence-electron chi connectivity index (χ1n) is 20.3. The average Bonchev–Trinajstić information content (AvgIpc) is 3.08. The van der Waals surface area contributed by atoms with Gasteiger partial charge in [-0.2, -0.15) is 0 Å². The van der Waals surface area contributed by atoms with Gasteiger partial charge in [-0.15, -0.1) is 0 Å². The van der Waals surface area contributed by atoms with Crippen LogP contribution in [0.4, 0.5) is 0 Å². The maximum Gasteiger partial charge on any atom is 1.00 e. The summed E-state index contributed by atoms with van der Waals surface area (Å²) < 4.78 is 9.05. The van der Waals surface area contributed by atoms with Crippen LogP contribution in [0.15, 0.2) is 0 Å². The maximum atomic E-state index is 11.5. The van der Waals surface area contributed by atoms with E-state index in [1.165, 1.54) is 128 Å². The third-order valence-corrected chi connectivity index (χ3v) is 8.78. The van der Waals surface area contributed by atoms with Crippen molar-refractivity contribution in [3.05, 3.63) is 0 Å². The van der Waals surface area contributed by atoms with Crippen LogP contribution >= 0.6 is 0 Å². The van der Waals surface area contributed by atoms with Gasteiger partial charge < -0.3 is 40.7 Å². The third kappa shape index (κ3) is 45.5. The molecule has 0 saturated carbocycles. The van der Waals surface area contributed by atoms with Crippen molar-refractivity contribution in [2.75, 3.05) is 0 Å². The van der Waals surface area contributed by atoms with Gasteiger partial charge >= 0.3 is 83.0 Å². The summed E-state index contributed by atoms with van der Waals surface area (Å²) in [5.41, 5.74) is 10.6. The molecule has 12 nitrogen and oxygen atoms in total. The van der Waals surface area contributed by atoms with Crippen molar-refractivity contribution in [2.45, 2.75) is 219 Å². The van der Waals surface area contributed by atoms with Crippen LogP contribution in [-0.4, -0.2) is 47.9 Å². The van der Waals surface area contributed by atoms with Crippen molar-refractivity contribution in [1.29, 1.82) is 0 Å². The normalized spacial score (nSPS) is 11.5. The molecule has 0 radical (unpaired) electrons. The smallest absolute Gasteiger partial charge is 0.550 e. The number of carbonyl (C=O) groups is 6.